The van der Waals surface area contributed by atoms with Crippen molar-refractivity contribution in [3.05, 3.63) is 13.6 Å². The molecule has 0 saturated carbocycles. The summed E-state index contributed by atoms with van der Waals surface area (Å²) in [5.41, 5.74) is 0. The summed E-state index contributed by atoms with van der Waals surface area (Å²) >= 11 is 7.90. The van der Waals surface area contributed by atoms with Gasteiger partial charge >= 0.3 is 0 Å². The molecule has 1 aliphatic heterocycles. The molecule has 18 heavy (non-hydrogen) atoms. The van der Waals surface area contributed by atoms with Crippen LogP contribution in [0.25, 0.3) is 0 Å². The van der Waals surface area contributed by atoms with Crippen LogP contribution in [0.2, 0.25) is 0 Å². The first-order chi connectivity index (χ1) is 8.46. The third-order valence-corrected chi connectivity index (χ3v) is 7.70. The standard InChI is InChI=1S/C10H13Br2NO3S2/c11-9-5-8(10(12)17-9)18(15,16)13-4-2-1-3-7(13)6-14/h5,7,14H,1-4,6H2. The summed E-state index contributed by atoms with van der Waals surface area (Å²) in [6, 6.07) is 1.31. The molecule has 0 aromatic carbocycles. The van der Waals surface area contributed by atoms with Gasteiger partial charge in [-0.15, -0.1) is 11.3 Å². The van der Waals surface area contributed by atoms with Crippen LogP contribution in [0.15, 0.2) is 18.5 Å². The smallest absolute Gasteiger partial charge is 0.245 e. The van der Waals surface area contributed by atoms with Crippen molar-refractivity contribution in [1.82, 2.24) is 4.31 Å². The van der Waals surface area contributed by atoms with E-state index < -0.39 is 10.0 Å². The minimum Gasteiger partial charge on any atom is -0.395 e. The fourth-order valence-electron chi connectivity index (χ4n) is 2.10. The van der Waals surface area contributed by atoms with Gasteiger partial charge in [-0.1, -0.05) is 6.42 Å². The minimum atomic E-state index is -3.53. The topological polar surface area (TPSA) is 57.6 Å². The molecular formula is C10H13Br2NO3S2. The highest BCUT2D eigenvalue weighted by atomic mass is 79.9. The maximum absolute atomic E-state index is 12.6. The predicted octanol–water partition coefficient (Wildman–Crippen LogP) is 2.81. The van der Waals surface area contributed by atoms with Gasteiger partial charge in [0.05, 0.1) is 14.2 Å². The zero-order valence-corrected chi connectivity index (χ0v) is 14.3. The molecule has 2 heterocycles. The van der Waals surface area contributed by atoms with Gasteiger partial charge in [0.1, 0.15) is 4.90 Å². The lowest BCUT2D eigenvalue weighted by Gasteiger charge is -2.33. The quantitative estimate of drug-likeness (QED) is 0.820. The molecule has 0 radical (unpaired) electrons. The van der Waals surface area contributed by atoms with Crippen molar-refractivity contribution in [3.63, 3.8) is 0 Å². The molecule has 0 amide bonds. The Morgan fingerprint density at radius 3 is 2.72 bits per heavy atom. The fraction of sp³-hybridized carbons (Fsp3) is 0.600. The lowest BCUT2D eigenvalue weighted by molar-refractivity contribution is 0.155. The van der Waals surface area contributed by atoms with Crippen molar-refractivity contribution in [2.75, 3.05) is 13.2 Å². The Morgan fingerprint density at radius 1 is 1.44 bits per heavy atom. The van der Waals surface area contributed by atoms with Crippen LogP contribution in [0.3, 0.4) is 0 Å². The summed E-state index contributed by atoms with van der Waals surface area (Å²) < 4.78 is 27.9. The Bertz CT molecular complexity index is 529. The van der Waals surface area contributed by atoms with Crippen LogP contribution in [0.1, 0.15) is 19.3 Å². The normalized spacial score (nSPS) is 22.3. The zero-order valence-electron chi connectivity index (χ0n) is 9.47. The Kier molecular flexibility index (Phi) is 4.88. The van der Waals surface area contributed by atoms with E-state index in [4.69, 9.17) is 0 Å². The molecule has 1 unspecified atom stereocenters. The predicted molar refractivity (Wildman–Crippen MR) is 78.3 cm³/mol. The van der Waals surface area contributed by atoms with Gasteiger partial charge in [-0.3, -0.25) is 0 Å². The Labute approximate surface area is 127 Å². The van der Waals surface area contributed by atoms with Crippen molar-refractivity contribution in [2.45, 2.75) is 30.2 Å². The molecule has 0 aliphatic carbocycles. The van der Waals surface area contributed by atoms with Gasteiger partial charge in [0.2, 0.25) is 10.0 Å². The molecule has 102 valence electrons. The number of thiophene rings is 1. The molecule has 1 saturated heterocycles. The molecule has 1 aromatic heterocycles. The lowest BCUT2D eigenvalue weighted by atomic mass is 10.1. The molecule has 1 aliphatic rings. The molecule has 1 atom stereocenters. The highest BCUT2D eigenvalue weighted by Crippen LogP contribution is 2.37. The molecular weight excluding hydrogens is 406 g/mol. The minimum absolute atomic E-state index is 0.123. The van der Waals surface area contributed by atoms with Crippen LogP contribution < -0.4 is 0 Å². The van der Waals surface area contributed by atoms with E-state index in [9.17, 15) is 13.5 Å². The Morgan fingerprint density at radius 2 is 2.17 bits per heavy atom. The zero-order chi connectivity index (χ0) is 13.3. The summed E-state index contributed by atoms with van der Waals surface area (Å²) in [7, 11) is -3.53. The van der Waals surface area contributed by atoms with Crippen LogP contribution in [-0.2, 0) is 10.0 Å². The average molecular weight is 419 g/mol. The number of rotatable bonds is 3. The van der Waals surface area contributed by atoms with E-state index in [1.807, 2.05) is 0 Å². The van der Waals surface area contributed by atoms with Crippen molar-refractivity contribution in [3.8, 4) is 0 Å². The average Bonchev–Trinajstić information content (AvgIpc) is 2.69. The summed E-state index contributed by atoms with van der Waals surface area (Å²) in [5.74, 6) is 0. The fourth-order valence-corrected chi connectivity index (χ4v) is 7.55. The van der Waals surface area contributed by atoms with E-state index in [2.05, 4.69) is 31.9 Å². The number of hydrogen-bond donors (Lipinski definition) is 1. The van der Waals surface area contributed by atoms with Crippen molar-refractivity contribution >= 4 is 53.2 Å². The first kappa shape index (κ1) is 14.9. The summed E-state index contributed by atoms with van der Waals surface area (Å²) in [6.45, 7) is 0.357. The second kappa shape index (κ2) is 5.88. The first-order valence-electron chi connectivity index (χ1n) is 5.54. The maximum Gasteiger partial charge on any atom is 0.245 e. The van der Waals surface area contributed by atoms with Gasteiger partial charge in [-0.25, -0.2) is 8.42 Å². The number of sulfonamides is 1. The van der Waals surface area contributed by atoms with Gasteiger partial charge < -0.3 is 5.11 Å². The van der Waals surface area contributed by atoms with E-state index in [0.29, 0.717) is 10.3 Å². The summed E-state index contributed by atoms with van der Waals surface area (Å²) in [5, 5.41) is 9.32. The van der Waals surface area contributed by atoms with Gasteiger partial charge in [-0.05, 0) is 50.8 Å². The summed E-state index contributed by atoms with van der Waals surface area (Å²) in [6.07, 6.45) is 2.53. The molecule has 0 bridgehead atoms. The van der Waals surface area contributed by atoms with Crippen LogP contribution in [0.5, 0.6) is 0 Å². The number of aliphatic hydroxyl groups excluding tert-OH is 1. The monoisotopic (exact) mass is 417 g/mol. The molecule has 4 nitrogen and oxygen atoms in total. The largest absolute Gasteiger partial charge is 0.395 e. The second-order valence-electron chi connectivity index (χ2n) is 4.14. The van der Waals surface area contributed by atoms with Crippen LogP contribution in [0.4, 0.5) is 0 Å². The third-order valence-electron chi connectivity index (χ3n) is 3.00. The number of piperidine rings is 1. The van der Waals surface area contributed by atoms with Gasteiger partial charge in [-0.2, -0.15) is 4.31 Å². The molecule has 1 fully saturated rings. The van der Waals surface area contributed by atoms with E-state index >= 15 is 0 Å². The van der Waals surface area contributed by atoms with Gasteiger partial charge in [0.15, 0.2) is 0 Å². The van der Waals surface area contributed by atoms with Gasteiger partial charge in [0, 0.05) is 12.6 Å². The Balaban J connectivity index is 2.38. The van der Waals surface area contributed by atoms with Crippen molar-refractivity contribution in [2.24, 2.45) is 0 Å². The molecule has 0 spiro atoms. The first-order valence-corrected chi connectivity index (χ1v) is 9.38. The highest BCUT2D eigenvalue weighted by Gasteiger charge is 2.35. The molecule has 1 N–H and O–H groups in total. The van der Waals surface area contributed by atoms with E-state index in [-0.39, 0.29) is 17.5 Å². The van der Waals surface area contributed by atoms with Crippen molar-refractivity contribution in [1.29, 1.82) is 0 Å². The number of hydrogen-bond acceptors (Lipinski definition) is 4. The van der Waals surface area contributed by atoms with E-state index in [0.717, 1.165) is 23.0 Å². The lowest BCUT2D eigenvalue weighted by Crippen LogP contribution is -2.45. The van der Waals surface area contributed by atoms with Crippen LogP contribution >= 0.6 is 43.2 Å². The SMILES string of the molecule is O=S(=O)(c1cc(Br)sc1Br)N1CCCCC1CO. The van der Waals surface area contributed by atoms with Crippen LogP contribution in [-0.4, -0.2) is 37.0 Å². The van der Waals surface area contributed by atoms with E-state index in [1.165, 1.54) is 15.6 Å². The Hall–Kier alpha value is 0.530. The van der Waals surface area contributed by atoms with Crippen LogP contribution in [0, 0.1) is 0 Å². The second-order valence-corrected chi connectivity index (χ2v) is 9.74. The number of aliphatic hydroxyl groups is 1. The van der Waals surface area contributed by atoms with Crippen molar-refractivity contribution < 1.29 is 13.5 Å². The third kappa shape index (κ3) is 2.83. The molecule has 1 aromatic rings. The molecule has 2 rings (SSSR count). The highest BCUT2D eigenvalue weighted by molar-refractivity contribution is 9.12. The summed E-state index contributed by atoms with van der Waals surface area (Å²) in [4.78, 5) is 0.278. The number of halogens is 2. The van der Waals surface area contributed by atoms with E-state index in [1.54, 1.807) is 6.07 Å². The maximum atomic E-state index is 12.6. The number of nitrogens with zero attached hydrogens (tertiary/aromatic N) is 1. The molecule has 8 heteroatoms. The van der Waals surface area contributed by atoms with Gasteiger partial charge in [0.25, 0.3) is 0 Å².